The lowest BCUT2D eigenvalue weighted by molar-refractivity contribution is -0.115. The highest BCUT2D eigenvalue weighted by atomic mass is 32.2. The normalized spacial score (nSPS) is 20.0. The molecule has 2 aromatic carbocycles. The van der Waals surface area contributed by atoms with E-state index in [2.05, 4.69) is 6.92 Å². The molecule has 0 N–H and O–H groups in total. The van der Waals surface area contributed by atoms with E-state index in [9.17, 15) is 13.2 Å². The summed E-state index contributed by atoms with van der Waals surface area (Å²) < 4.78 is 28.6. The Morgan fingerprint density at radius 3 is 2.34 bits per heavy atom. The van der Waals surface area contributed by atoms with Crippen LogP contribution in [-0.2, 0) is 14.8 Å². The molecule has 5 heteroatoms. The van der Waals surface area contributed by atoms with Gasteiger partial charge >= 0.3 is 0 Å². The first-order valence-corrected chi connectivity index (χ1v) is 12.9. The Morgan fingerprint density at radius 2 is 1.69 bits per heavy atom. The van der Waals surface area contributed by atoms with Crippen LogP contribution in [0.5, 0.6) is 0 Å². The second kappa shape index (κ2) is 9.16. The first-order chi connectivity index (χ1) is 15.3. The van der Waals surface area contributed by atoms with Gasteiger partial charge in [-0.05, 0) is 67.5 Å². The van der Waals surface area contributed by atoms with Crippen molar-refractivity contribution in [1.82, 2.24) is 4.31 Å². The molecule has 0 fully saturated rings. The van der Waals surface area contributed by atoms with E-state index in [1.54, 1.807) is 16.4 Å². The van der Waals surface area contributed by atoms with Gasteiger partial charge in [-0.15, -0.1) is 0 Å². The Balaban J connectivity index is 1.78. The van der Waals surface area contributed by atoms with Crippen molar-refractivity contribution in [3.8, 4) is 0 Å². The minimum atomic E-state index is -3.65. The van der Waals surface area contributed by atoms with Crippen LogP contribution in [0.3, 0.4) is 0 Å². The topological polar surface area (TPSA) is 54.5 Å². The van der Waals surface area contributed by atoms with Crippen molar-refractivity contribution < 1.29 is 13.2 Å². The lowest BCUT2D eigenvalue weighted by Crippen LogP contribution is -2.33. The fourth-order valence-electron chi connectivity index (χ4n) is 4.82. The summed E-state index contributed by atoms with van der Waals surface area (Å²) in [7, 11) is -3.65. The fraction of sp³-hybridized carbons (Fsp3) is 0.370. The van der Waals surface area contributed by atoms with Gasteiger partial charge in [0.25, 0.3) is 0 Å². The van der Waals surface area contributed by atoms with Crippen LogP contribution < -0.4 is 0 Å². The number of rotatable bonds is 6. The highest BCUT2D eigenvalue weighted by Crippen LogP contribution is 2.46. The molecule has 0 unspecified atom stereocenters. The van der Waals surface area contributed by atoms with Gasteiger partial charge in [-0.3, -0.25) is 4.79 Å². The minimum absolute atomic E-state index is 0.102. The van der Waals surface area contributed by atoms with E-state index >= 15 is 0 Å². The SMILES string of the molecule is CCCCC1=C2C(=C(C)C(=O)[C@@H]2c2ccccc2)CN(S(=O)(=O)c2ccc(C)cc2)CC1. The number of aryl methyl sites for hydroxylation is 1. The zero-order valence-electron chi connectivity index (χ0n) is 19.1. The number of Topliss-reactive ketones (excluding diaryl/α,β-unsaturated/α-hetero) is 1. The number of hydrogen-bond donors (Lipinski definition) is 0. The van der Waals surface area contributed by atoms with E-state index in [1.165, 1.54) is 5.57 Å². The Hall–Kier alpha value is -2.50. The van der Waals surface area contributed by atoms with Crippen LogP contribution in [0.1, 0.15) is 56.6 Å². The number of carbonyl (C=O) groups excluding carboxylic acids is 1. The number of benzene rings is 2. The minimum Gasteiger partial charge on any atom is -0.293 e. The molecule has 0 bridgehead atoms. The average Bonchev–Trinajstić information content (AvgIpc) is 2.92. The van der Waals surface area contributed by atoms with Gasteiger partial charge in [0.1, 0.15) is 0 Å². The Kier molecular flexibility index (Phi) is 6.50. The summed E-state index contributed by atoms with van der Waals surface area (Å²) in [5.41, 5.74) is 5.94. The summed E-state index contributed by atoms with van der Waals surface area (Å²) in [6.07, 6.45) is 3.65. The quantitative estimate of drug-likeness (QED) is 0.580. The number of nitrogens with zero attached hydrogens (tertiary/aromatic N) is 1. The van der Waals surface area contributed by atoms with Gasteiger partial charge in [0.2, 0.25) is 10.0 Å². The molecule has 4 rings (SSSR count). The van der Waals surface area contributed by atoms with Crippen LogP contribution in [0.25, 0.3) is 0 Å². The Bertz CT molecular complexity index is 1180. The number of fused-ring (bicyclic) bond motifs is 1. The molecule has 0 aromatic heterocycles. The summed E-state index contributed by atoms with van der Waals surface area (Å²) in [5.74, 6) is -0.218. The molecule has 0 saturated heterocycles. The molecule has 4 nitrogen and oxygen atoms in total. The second-order valence-corrected chi connectivity index (χ2v) is 10.8. The number of sulfonamides is 1. The molecule has 1 atom stereocenters. The maximum absolute atomic E-state index is 13.5. The number of allylic oxidation sites excluding steroid dienone is 1. The average molecular weight is 450 g/mol. The van der Waals surface area contributed by atoms with Crippen molar-refractivity contribution in [2.45, 2.75) is 57.3 Å². The molecular weight excluding hydrogens is 418 g/mol. The van der Waals surface area contributed by atoms with E-state index < -0.39 is 10.0 Å². The van der Waals surface area contributed by atoms with E-state index in [-0.39, 0.29) is 18.2 Å². The molecule has 0 amide bonds. The van der Waals surface area contributed by atoms with Crippen molar-refractivity contribution in [3.05, 3.63) is 88.0 Å². The number of unbranched alkanes of at least 4 members (excludes halogenated alkanes) is 1. The largest absolute Gasteiger partial charge is 0.293 e. The van der Waals surface area contributed by atoms with Crippen LogP contribution in [0.15, 0.2) is 81.8 Å². The van der Waals surface area contributed by atoms with Crippen LogP contribution in [0, 0.1) is 6.92 Å². The first kappa shape index (κ1) is 22.7. The highest BCUT2D eigenvalue weighted by molar-refractivity contribution is 7.89. The summed E-state index contributed by atoms with van der Waals surface area (Å²) in [4.78, 5) is 13.7. The van der Waals surface area contributed by atoms with E-state index in [1.807, 2.05) is 56.3 Å². The molecular formula is C27H31NO3S. The van der Waals surface area contributed by atoms with Crippen LogP contribution in [0.4, 0.5) is 0 Å². The highest BCUT2D eigenvalue weighted by Gasteiger charge is 2.41. The van der Waals surface area contributed by atoms with Crippen molar-refractivity contribution in [2.24, 2.45) is 0 Å². The van der Waals surface area contributed by atoms with Gasteiger partial charge in [0.15, 0.2) is 5.78 Å². The molecule has 32 heavy (non-hydrogen) atoms. The summed E-state index contributed by atoms with van der Waals surface area (Å²) >= 11 is 0. The monoisotopic (exact) mass is 449 g/mol. The maximum Gasteiger partial charge on any atom is 0.243 e. The lowest BCUT2D eigenvalue weighted by atomic mass is 9.85. The molecule has 2 aromatic rings. The molecule has 0 spiro atoms. The van der Waals surface area contributed by atoms with Crippen molar-refractivity contribution in [1.29, 1.82) is 0 Å². The molecule has 0 radical (unpaired) electrons. The number of carbonyl (C=O) groups is 1. The zero-order chi connectivity index (χ0) is 22.9. The first-order valence-electron chi connectivity index (χ1n) is 11.4. The maximum atomic E-state index is 13.5. The van der Waals surface area contributed by atoms with Crippen molar-refractivity contribution >= 4 is 15.8 Å². The second-order valence-electron chi connectivity index (χ2n) is 8.83. The van der Waals surface area contributed by atoms with E-state index in [0.29, 0.717) is 23.4 Å². The van der Waals surface area contributed by atoms with Gasteiger partial charge in [-0.1, -0.05) is 66.9 Å². The third-order valence-electron chi connectivity index (χ3n) is 6.70. The van der Waals surface area contributed by atoms with E-state index in [4.69, 9.17) is 0 Å². The Morgan fingerprint density at radius 1 is 1.00 bits per heavy atom. The zero-order valence-corrected chi connectivity index (χ0v) is 19.9. The summed E-state index contributed by atoms with van der Waals surface area (Å²) in [6, 6.07) is 16.9. The molecule has 0 saturated carbocycles. The molecule has 1 aliphatic heterocycles. The molecule has 2 aliphatic rings. The van der Waals surface area contributed by atoms with Gasteiger partial charge in [0, 0.05) is 13.1 Å². The third kappa shape index (κ3) is 4.12. The van der Waals surface area contributed by atoms with Crippen LogP contribution >= 0.6 is 0 Å². The number of ketones is 1. The fourth-order valence-corrected chi connectivity index (χ4v) is 6.23. The molecule has 168 valence electrons. The predicted octanol–water partition coefficient (Wildman–Crippen LogP) is 5.56. The van der Waals surface area contributed by atoms with Gasteiger partial charge < -0.3 is 0 Å². The van der Waals surface area contributed by atoms with Gasteiger partial charge in [-0.2, -0.15) is 4.31 Å². The smallest absolute Gasteiger partial charge is 0.243 e. The van der Waals surface area contributed by atoms with Gasteiger partial charge in [-0.25, -0.2) is 8.42 Å². The standard InChI is InChI=1S/C27H31NO3S/c1-4-5-9-22-16-17-28(32(30,31)23-14-12-19(2)13-15-23)18-24-20(3)27(29)26(25(22)24)21-10-7-6-8-11-21/h6-8,10-15,26H,4-5,9,16-18H2,1-3H3/t26-/m1/s1. The van der Waals surface area contributed by atoms with Crippen molar-refractivity contribution in [3.63, 3.8) is 0 Å². The lowest BCUT2D eigenvalue weighted by Gasteiger charge is -2.21. The summed E-state index contributed by atoms with van der Waals surface area (Å²) in [5, 5.41) is 0. The van der Waals surface area contributed by atoms with Crippen LogP contribution in [-0.4, -0.2) is 31.6 Å². The third-order valence-corrected chi connectivity index (χ3v) is 8.56. The predicted molar refractivity (Wildman–Crippen MR) is 128 cm³/mol. The van der Waals surface area contributed by atoms with Crippen molar-refractivity contribution in [2.75, 3.05) is 13.1 Å². The van der Waals surface area contributed by atoms with Crippen LogP contribution in [0.2, 0.25) is 0 Å². The Labute approximate surface area is 191 Å². The van der Waals surface area contributed by atoms with E-state index in [0.717, 1.165) is 41.5 Å². The van der Waals surface area contributed by atoms with Gasteiger partial charge in [0.05, 0.1) is 10.8 Å². The molecule has 1 aliphatic carbocycles. The number of hydrogen-bond acceptors (Lipinski definition) is 3. The molecule has 1 heterocycles. The summed E-state index contributed by atoms with van der Waals surface area (Å²) in [6.45, 7) is 6.65.